The Bertz CT molecular complexity index is 747. The van der Waals surface area contributed by atoms with Crippen LogP contribution in [0.15, 0.2) is 61.1 Å². The summed E-state index contributed by atoms with van der Waals surface area (Å²) in [6.45, 7) is 5.67. The molecule has 5 nitrogen and oxygen atoms in total. The van der Waals surface area contributed by atoms with E-state index in [0.717, 1.165) is 10.6 Å². The van der Waals surface area contributed by atoms with Gasteiger partial charge in [0, 0.05) is 23.7 Å². The van der Waals surface area contributed by atoms with Crippen LogP contribution in [-0.2, 0) is 0 Å². The van der Waals surface area contributed by atoms with Crippen LogP contribution in [0.5, 0.6) is 0 Å². The van der Waals surface area contributed by atoms with Crippen molar-refractivity contribution in [1.29, 1.82) is 0 Å². The van der Waals surface area contributed by atoms with Crippen molar-refractivity contribution in [1.82, 2.24) is 15.3 Å². The Hall–Kier alpha value is -2.73. The number of rotatable bonds is 6. The van der Waals surface area contributed by atoms with E-state index in [0.29, 0.717) is 16.3 Å². The zero-order chi connectivity index (χ0) is 16.7. The maximum Gasteiger partial charge on any atom is 0.263 e. The summed E-state index contributed by atoms with van der Waals surface area (Å²) in [6.07, 6.45) is 10.3. The Morgan fingerprint density at radius 3 is 3.00 bits per heavy atom. The van der Waals surface area contributed by atoms with Crippen molar-refractivity contribution >= 4 is 17.2 Å². The molecule has 0 aliphatic rings. The van der Waals surface area contributed by atoms with Crippen LogP contribution in [0.2, 0.25) is 0 Å². The molecule has 0 fully saturated rings. The summed E-state index contributed by atoms with van der Waals surface area (Å²) in [4.78, 5) is 21.4. The first-order chi connectivity index (χ1) is 11.1. The number of nitrogens with one attached hydrogen (secondary N) is 1. The summed E-state index contributed by atoms with van der Waals surface area (Å²) < 4.78 is 0. The molecule has 0 aromatic carbocycles. The average Bonchev–Trinajstić information content (AvgIpc) is 2.96. The second kappa shape index (κ2) is 8.05. The van der Waals surface area contributed by atoms with Gasteiger partial charge in [0.25, 0.3) is 5.91 Å². The minimum absolute atomic E-state index is 0.181. The summed E-state index contributed by atoms with van der Waals surface area (Å²) in [7, 11) is 0. The molecule has 2 aromatic heterocycles. The fraction of sp³-hybridized carbons (Fsp3) is 0.118. The van der Waals surface area contributed by atoms with Gasteiger partial charge in [0.15, 0.2) is 0 Å². The number of pyridine rings is 1. The van der Waals surface area contributed by atoms with Crippen molar-refractivity contribution < 1.29 is 4.79 Å². The van der Waals surface area contributed by atoms with E-state index in [1.807, 2.05) is 19.1 Å². The van der Waals surface area contributed by atoms with E-state index in [1.165, 1.54) is 11.3 Å². The summed E-state index contributed by atoms with van der Waals surface area (Å²) in [5.74, 6) is -0.181. The van der Waals surface area contributed by atoms with Gasteiger partial charge in [-0.05, 0) is 25.1 Å². The molecule has 0 radical (unpaired) electrons. The van der Waals surface area contributed by atoms with Crippen molar-refractivity contribution in [3.8, 4) is 10.6 Å². The lowest BCUT2D eigenvalue weighted by Gasteiger charge is -2.03. The molecule has 0 unspecified atom stereocenters. The molecule has 0 aliphatic carbocycles. The third-order valence-electron chi connectivity index (χ3n) is 2.92. The van der Waals surface area contributed by atoms with E-state index in [4.69, 9.17) is 5.73 Å². The third-order valence-corrected chi connectivity index (χ3v) is 4.13. The van der Waals surface area contributed by atoms with Gasteiger partial charge in [-0.25, -0.2) is 4.98 Å². The highest BCUT2D eigenvalue weighted by atomic mass is 32.1. The maximum atomic E-state index is 12.3. The van der Waals surface area contributed by atoms with Crippen LogP contribution in [0, 0.1) is 6.92 Å². The molecule has 1 amide bonds. The number of nitrogens with two attached hydrogens (primary N) is 1. The zero-order valence-corrected chi connectivity index (χ0v) is 13.6. The predicted octanol–water partition coefficient (Wildman–Crippen LogP) is 2.83. The van der Waals surface area contributed by atoms with Gasteiger partial charge in [0.05, 0.1) is 12.2 Å². The topological polar surface area (TPSA) is 80.9 Å². The number of amides is 1. The monoisotopic (exact) mass is 326 g/mol. The molecule has 0 bridgehead atoms. The van der Waals surface area contributed by atoms with Crippen molar-refractivity contribution in [2.24, 2.45) is 5.73 Å². The summed E-state index contributed by atoms with van der Waals surface area (Å²) >= 11 is 1.34. The van der Waals surface area contributed by atoms with E-state index in [1.54, 1.807) is 36.7 Å². The lowest BCUT2D eigenvalue weighted by Crippen LogP contribution is -2.27. The predicted molar refractivity (Wildman–Crippen MR) is 94.0 cm³/mol. The average molecular weight is 326 g/mol. The van der Waals surface area contributed by atoms with E-state index >= 15 is 0 Å². The van der Waals surface area contributed by atoms with Gasteiger partial charge in [-0.2, -0.15) is 0 Å². The molecule has 2 rings (SSSR count). The molecule has 2 aromatic rings. The molecule has 0 atom stereocenters. The Morgan fingerprint density at radius 2 is 2.30 bits per heavy atom. The first-order valence-electron chi connectivity index (χ1n) is 7.01. The SMILES string of the molecule is C=C/C=C\C=C(/N)CNC(=O)c1sc(-c2cccnc2)nc1C. The second-order valence-electron chi connectivity index (χ2n) is 4.72. The molecular formula is C17H18N4OS. The molecule has 0 aliphatic heterocycles. The molecular weight excluding hydrogens is 308 g/mol. The molecule has 0 saturated heterocycles. The van der Waals surface area contributed by atoms with E-state index in [2.05, 4.69) is 21.9 Å². The fourth-order valence-electron chi connectivity index (χ4n) is 1.80. The number of thiazole rings is 1. The number of allylic oxidation sites excluding steroid dienone is 4. The second-order valence-corrected chi connectivity index (χ2v) is 5.72. The molecule has 6 heteroatoms. The quantitative estimate of drug-likeness (QED) is 0.800. The summed E-state index contributed by atoms with van der Waals surface area (Å²) in [6, 6.07) is 3.76. The smallest absolute Gasteiger partial charge is 0.263 e. The number of hydrogen-bond acceptors (Lipinski definition) is 5. The van der Waals surface area contributed by atoms with Crippen LogP contribution >= 0.6 is 11.3 Å². The standard InChI is InChI=1S/C17H18N4OS/c1-3-4-5-8-14(18)11-20-16(22)15-12(2)21-17(23-15)13-7-6-9-19-10-13/h3-10H,1,11,18H2,2H3,(H,20,22)/b5-4-,14-8-. The Kier molecular flexibility index (Phi) is 5.82. The first-order valence-corrected chi connectivity index (χ1v) is 7.83. The van der Waals surface area contributed by atoms with Crippen molar-refractivity contribution in [3.63, 3.8) is 0 Å². The van der Waals surface area contributed by atoms with Gasteiger partial charge in [-0.1, -0.05) is 24.8 Å². The molecule has 0 saturated carbocycles. The van der Waals surface area contributed by atoms with Crippen LogP contribution in [-0.4, -0.2) is 22.4 Å². The molecule has 23 heavy (non-hydrogen) atoms. The number of carbonyl (C=O) groups is 1. The lowest BCUT2D eigenvalue weighted by atomic mass is 10.3. The molecule has 0 spiro atoms. The van der Waals surface area contributed by atoms with Gasteiger partial charge in [-0.3, -0.25) is 9.78 Å². The fourth-order valence-corrected chi connectivity index (χ4v) is 2.77. The van der Waals surface area contributed by atoms with Gasteiger partial charge in [-0.15, -0.1) is 11.3 Å². The van der Waals surface area contributed by atoms with Crippen LogP contribution in [0.4, 0.5) is 0 Å². The van der Waals surface area contributed by atoms with Crippen LogP contribution in [0.3, 0.4) is 0 Å². The van der Waals surface area contributed by atoms with Gasteiger partial charge in [0.1, 0.15) is 9.88 Å². The van der Waals surface area contributed by atoms with Crippen LogP contribution in [0.25, 0.3) is 10.6 Å². The van der Waals surface area contributed by atoms with Crippen molar-refractivity contribution in [3.05, 3.63) is 71.7 Å². The van der Waals surface area contributed by atoms with E-state index in [9.17, 15) is 4.79 Å². The minimum atomic E-state index is -0.181. The van der Waals surface area contributed by atoms with Gasteiger partial charge >= 0.3 is 0 Å². The third kappa shape index (κ3) is 4.62. The van der Waals surface area contributed by atoms with E-state index < -0.39 is 0 Å². The van der Waals surface area contributed by atoms with Crippen molar-refractivity contribution in [2.45, 2.75) is 6.92 Å². The highest BCUT2D eigenvalue weighted by Gasteiger charge is 2.16. The lowest BCUT2D eigenvalue weighted by molar-refractivity contribution is 0.0960. The maximum absolute atomic E-state index is 12.3. The van der Waals surface area contributed by atoms with E-state index in [-0.39, 0.29) is 12.5 Å². The normalized spacial score (nSPS) is 11.6. The Labute approximate surface area is 139 Å². The number of hydrogen-bond donors (Lipinski definition) is 2. The summed E-state index contributed by atoms with van der Waals surface area (Å²) in [5, 5.41) is 3.57. The Morgan fingerprint density at radius 1 is 1.48 bits per heavy atom. The van der Waals surface area contributed by atoms with Gasteiger partial charge < -0.3 is 11.1 Å². The highest BCUT2D eigenvalue weighted by Crippen LogP contribution is 2.27. The van der Waals surface area contributed by atoms with Crippen LogP contribution < -0.4 is 11.1 Å². The number of aromatic nitrogens is 2. The van der Waals surface area contributed by atoms with Gasteiger partial charge in [0.2, 0.25) is 0 Å². The van der Waals surface area contributed by atoms with Crippen LogP contribution in [0.1, 0.15) is 15.4 Å². The molecule has 2 heterocycles. The zero-order valence-electron chi connectivity index (χ0n) is 12.8. The first kappa shape index (κ1) is 16.6. The largest absolute Gasteiger partial charge is 0.401 e. The number of aryl methyl sites for hydroxylation is 1. The van der Waals surface area contributed by atoms with Crippen molar-refractivity contribution in [2.75, 3.05) is 6.54 Å². The Balaban J connectivity index is 2.06. The number of carbonyl (C=O) groups excluding carboxylic acids is 1. The summed E-state index contributed by atoms with van der Waals surface area (Å²) in [5.41, 5.74) is 7.97. The number of nitrogens with zero attached hydrogens (tertiary/aromatic N) is 2. The molecule has 118 valence electrons. The minimum Gasteiger partial charge on any atom is -0.401 e. The highest BCUT2D eigenvalue weighted by molar-refractivity contribution is 7.17. The molecule has 3 N–H and O–H groups in total.